The predicted octanol–water partition coefficient (Wildman–Crippen LogP) is 3.96. The highest BCUT2D eigenvalue weighted by molar-refractivity contribution is 5.87. The van der Waals surface area contributed by atoms with E-state index in [1.54, 1.807) is 12.1 Å². The first kappa shape index (κ1) is 18.6. The lowest BCUT2D eigenvalue weighted by molar-refractivity contribution is 0.0636. The van der Waals surface area contributed by atoms with Crippen molar-refractivity contribution in [1.29, 1.82) is 0 Å². The molecule has 2 rings (SSSR count). The van der Waals surface area contributed by atoms with Gasteiger partial charge in [0.25, 0.3) is 0 Å². The SMILES string of the molecule is Cc1cccc(CN(C)c2cc(NC(=O)OC(C)(C)C)ccc2N)n1. The number of carbonyl (C=O) groups is 1. The van der Waals surface area contributed by atoms with Crippen molar-refractivity contribution in [2.45, 2.75) is 39.8 Å². The Morgan fingerprint density at radius 3 is 2.64 bits per heavy atom. The van der Waals surface area contributed by atoms with Crippen LogP contribution in [0.4, 0.5) is 21.9 Å². The van der Waals surface area contributed by atoms with E-state index >= 15 is 0 Å². The largest absolute Gasteiger partial charge is 0.444 e. The van der Waals surface area contributed by atoms with Crippen LogP contribution in [0.1, 0.15) is 32.2 Å². The lowest BCUT2D eigenvalue weighted by Gasteiger charge is -2.23. The summed E-state index contributed by atoms with van der Waals surface area (Å²) in [5.41, 5.74) is 9.55. The molecule has 1 aromatic carbocycles. The molecule has 0 saturated carbocycles. The van der Waals surface area contributed by atoms with Gasteiger partial charge in [-0.25, -0.2) is 4.79 Å². The number of rotatable bonds is 4. The number of benzene rings is 1. The summed E-state index contributed by atoms with van der Waals surface area (Å²) >= 11 is 0. The average Bonchev–Trinajstić information content (AvgIpc) is 2.47. The number of hydrogen-bond donors (Lipinski definition) is 2. The fourth-order valence-corrected chi connectivity index (χ4v) is 2.39. The lowest BCUT2D eigenvalue weighted by Crippen LogP contribution is -2.27. The molecule has 0 bridgehead atoms. The minimum atomic E-state index is -0.547. The molecule has 0 aliphatic carbocycles. The molecule has 0 saturated heterocycles. The molecule has 2 aromatic rings. The molecule has 134 valence electrons. The normalized spacial score (nSPS) is 11.1. The second-order valence-electron chi connectivity index (χ2n) is 7.03. The summed E-state index contributed by atoms with van der Waals surface area (Å²) in [4.78, 5) is 18.4. The number of ether oxygens (including phenoxy) is 1. The molecule has 0 fully saturated rings. The molecule has 0 radical (unpaired) electrons. The number of carbonyl (C=O) groups excluding carboxylic acids is 1. The maximum atomic E-state index is 11.9. The van der Waals surface area contributed by atoms with Crippen LogP contribution in [-0.2, 0) is 11.3 Å². The van der Waals surface area contributed by atoms with E-state index < -0.39 is 11.7 Å². The highest BCUT2D eigenvalue weighted by Gasteiger charge is 2.17. The molecule has 25 heavy (non-hydrogen) atoms. The summed E-state index contributed by atoms with van der Waals surface area (Å²) in [6.45, 7) is 8.04. The average molecular weight is 342 g/mol. The zero-order valence-electron chi connectivity index (χ0n) is 15.5. The predicted molar refractivity (Wildman–Crippen MR) is 102 cm³/mol. The van der Waals surface area contributed by atoms with Crippen molar-refractivity contribution in [2.75, 3.05) is 23.0 Å². The van der Waals surface area contributed by atoms with E-state index in [9.17, 15) is 4.79 Å². The number of nitrogen functional groups attached to an aromatic ring is 1. The van der Waals surface area contributed by atoms with Crippen molar-refractivity contribution in [3.8, 4) is 0 Å². The van der Waals surface area contributed by atoms with E-state index in [1.807, 2.05) is 63.9 Å². The van der Waals surface area contributed by atoms with E-state index in [0.717, 1.165) is 17.1 Å². The Hall–Kier alpha value is -2.76. The smallest absolute Gasteiger partial charge is 0.412 e. The Morgan fingerprint density at radius 2 is 2.00 bits per heavy atom. The molecule has 1 aromatic heterocycles. The van der Waals surface area contributed by atoms with Crippen LogP contribution < -0.4 is 16.0 Å². The Bertz CT molecular complexity index is 753. The second kappa shape index (κ2) is 7.42. The van der Waals surface area contributed by atoms with Gasteiger partial charge in [-0.2, -0.15) is 0 Å². The van der Waals surface area contributed by atoms with Gasteiger partial charge in [-0.05, 0) is 58.0 Å². The highest BCUT2D eigenvalue weighted by atomic mass is 16.6. The van der Waals surface area contributed by atoms with Gasteiger partial charge in [0.15, 0.2) is 0 Å². The molecular formula is C19H26N4O2. The summed E-state index contributed by atoms with van der Waals surface area (Å²) in [7, 11) is 1.94. The quantitative estimate of drug-likeness (QED) is 0.822. The number of pyridine rings is 1. The molecule has 1 amide bonds. The Morgan fingerprint density at radius 1 is 1.28 bits per heavy atom. The molecule has 0 spiro atoms. The van der Waals surface area contributed by atoms with Crippen molar-refractivity contribution < 1.29 is 9.53 Å². The Kier molecular flexibility index (Phi) is 5.51. The number of anilines is 3. The molecule has 6 heteroatoms. The maximum absolute atomic E-state index is 11.9. The minimum absolute atomic E-state index is 0.494. The molecular weight excluding hydrogens is 316 g/mol. The zero-order chi connectivity index (χ0) is 18.6. The van der Waals surface area contributed by atoms with E-state index in [0.29, 0.717) is 17.9 Å². The molecule has 0 atom stereocenters. The summed E-state index contributed by atoms with van der Waals surface area (Å²) in [6, 6.07) is 11.3. The number of nitrogens with one attached hydrogen (secondary N) is 1. The van der Waals surface area contributed by atoms with Gasteiger partial charge in [0.05, 0.1) is 23.6 Å². The van der Waals surface area contributed by atoms with Crippen molar-refractivity contribution in [2.24, 2.45) is 0 Å². The van der Waals surface area contributed by atoms with E-state index in [-0.39, 0.29) is 0 Å². The fourth-order valence-electron chi connectivity index (χ4n) is 2.39. The third kappa shape index (κ3) is 5.67. The third-order valence-electron chi connectivity index (χ3n) is 3.43. The molecule has 0 unspecified atom stereocenters. The van der Waals surface area contributed by atoms with Crippen LogP contribution >= 0.6 is 0 Å². The van der Waals surface area contributed by atoms with Crippen LogP contribution in [0.2, 0.25) is 0 Å². The minimum Gasteiger partial charge on any atom is -0.444 e. The van der Waals surface area contributed by atoms with E-state index in [4.69, 9.17) is 10.5 Å². The van der Waals surface area contributed by atoms with Gasteiger partial charge in [-0.15, -0.1) is 0 Å². The number of hydrogen-bond acceptors (Lipinski definition) is 5. The summed E-state index contributed by atoms with van der Waals surface area (Å²) < 4.78 is 5.28. The summed E-state index contributed by atoms with van der Waals surface area (Å²) in [6.07, 6.45) is -0.494. The lowest BCUT2D eigenvalue weighted by atomic mass is 10.2. The molecule has 0 aliphatic heterocycles. The van der Waals surface area contributed by atoms with Crippen LogP contribution in [-0.4, -0.2) is 23.7 Å². The third-order valence-corrected chi connectivity index (χ3v) is 3.43. The monoisotopic (exact) mass is 342 g/mol. The first-order valence-electron chi connectivity index (χ1n) is 8.17. The Labute approximate surface area is 149 Å². The highest BCUT2D eigenvalue weighted by Crippen LogP contribution is 2.27. The second-order valence-corrected chi connectivity index (χ2v) is 7.03. The molecule has 1 heterocycles. The number of nitrogens with two attached hydrogens (primary N) is 1. The summed E-state index contributed by atoms with van der Waals surface area (Å²) in [5, 5.41) is 2.73. The standard InChI is InChI=1S/C19H26N4O2/c1-13-7-6-8-15(21-13)12-23(5)17-11-14(9-10-16(17)20)22-18(24)25-19(2,3)4/h6-11H,12,20H2,1-5H3,(H,22,24). The molecule has 6 nitrogen and oxygen atoms in total. The van der Waals surface area contributed by atoms with Crippen LogP contribution in [0.15, 0.2) is 36.4 Å². The van der Waals surface area contributed by atoms with E-state index in [2.05, 4.69) is 10.3 Å². The van der Waals surface area contributed by atoms with Crippen molar-refractivity contribution in [3.05, 3.63) is 47.8 Å². The van der Waals surface area contributed by atoms with Gasteiger partial charge in [0.2, 0.25) is 0 Å². The van der Waals surface area contributed by atoms with Crippen molar-refractivity contribution in [3.63, 3.8) is 0 Å². The fraction of sp³-hybridized carbons (Fsp3) is 0.368. The number of aryl methyl sites for hydroxylation is 1. The first-order chi connectivity index (χ1) is 11.6. The van der Waals surface area contributed by atoms with Crippen LogP contribution in [0, 0.1) is 6.92 Å². The van der Waals surface area contributed by atoms with Gasteiger partial charge in [-0.3, -0.25) is 10.3 Å². The number of nitrogens with zero attached hydrogens (tertiary/aromatic N) is 2. The Balaban J connectivity index is 2.13. The van der Waals surface area contributed by atoms with Crippen LogP contribution in [0.5, 0.6) is 0 Å². The maximum Gasteiger partial charge on any atom is 0.412 e. The topological polar surface area (TPSA) is 80.5 Å². The van der Waals surface area contributed by atoms with Gasteiger partial charge < -0.3 is 15.4 Å². The zero-order valence-corrected chi connectivity index (χ0v) is 15.5. The number of aromatic nitrogens is 1. The van der Waals surface area contributed by atoms with Gasteiger partial charge >= 0.3 is 6.09 Å². The summed E-state index contributed by atoms with van der Waals surface area (Å²) in [5.74, 6) is 0. The van der Waals surface area contributed by atoms with Crippen molar-refractivity contribution >= 4 is 23.2 Å². The first-order valence-corrected chi connectivity index (χ1v) is 8.17. The van der Waals surface area contributed by atoms with Gasteiger partial charge in [-0.1, -0.05) is 6.07 Å². The van der Waals surface area contributed by atoms with Crippen LogP contribution in [0.25, 0.3) is 0 Å². The van der Waals surface area contributed by atoms with Crippen molar-refractivity contribution in [1.82, 2.24) is 4.98 Å². The van der Waals surface area contributed by atoms with Crippen LogP contribution in [0.3, 0.4) is 0 Å². The van der Waals surface area contributed by atoms with Gasteiger partial charge in [0.1, 0.15) is 5.60 Å². The van der Waals surface area contributed by atoms with Gasteiger partial charge in [0, 0.05) is 18.4 Å². The number of amides is 1. The van der Waals surface area contributed by atoms with E-state index in [1.165, 1.54) is 0 Å². The molecule has 0 aliphatic rings. The molecule has 3 N–H and O–H groups in total.